The summed E-state index contributed by atoms with van der Waals surface area (Å²) < 4.78 is 4.98. The van der Waals surface area contributed by atoms with Crippen molar-refractivity contribution >= 4 is 16.9 Å². The smallest absolute Gasteiger partial charge is 0.263 e. The van der Waals surface area contributed by atoms with Crippen LogP contribution in [0, 0.1) is 6.92 Å². The Labute approximate surface area is 86.9 Å². The number of nitrogens with one attached hydrogen (secondary N) is 1. The Kier molecular flexibility index (Phi) is 2.51. The number of aryl methyl sites for hydroxylation is 1. The SMILES string of the molecule is Cc1nc(NC(C)CN)c2cnoc2n1. The normalized spacial score (nSPS) is 13.0. The van der Waals surface area contributed by atoms with Crippen molar-refractivity contribution in [3.05, 3.63) is 12.0 Å². The lowest BCUT2D eigenvalue weighted by Gasteiger charge is -2.12. The van der Waals surface area contributed by atoms with Crippen LogP contribution in [-0.2, 0) is 0 Å². The molecular weight excluding hydrogens is 194 g/mol. The van der Waals surface area contributed by atoms with Gasteiger partial charge >= 0.3 is 0 Å². The topological polar surface area (TPSA) is 89.9 Å². The van der Waals surface area contributed by atoms with E-state index in [1.54, 1.807) is 13.1 Å². The first kappa shape index (κ1) is 9.85. The van der Waals surface area contributed by atoms with Crippen LogP contribution >= 0.6 is 0 Å². The maximum atomic E-state index is 5.53. The van der Waals surface area contributed by atoms with Crippen LogP contribution in [0.15, 0.2) is 10.7 Å². The number of nitrogens with zero attached hydrogens (tertiary/aromatic N) is 3. The van der Waals surface area contributed by atoms with Crippen molar-refractivity contribution < 1.29 is 4.52 Å². The van der Waals surface area contributed by atoms with Crippen LogP contribution in [-0.4, -0.2) is 27.7 Å². The van der Waals surface area contributed by atoms with Crippen LogP contribution < -0.4 is 11.1 Å². The quantitative estimate of drug-likeness (QED) is 0.769. The fourth-order valence-electron chi connectivity index (χ4n) is 1.27. The molecule has 0 bridgehead atoms. The number of nitrogens with two attached hydrogens (primary N) is 1. The predicted octanol–water partition coefficient (Wildman–Crippen LogP) is 0.685. The van der Waals surface area contributed by atoms with Crippen LogP contribution in [0.2, 0.25) is 0 Å². The predicted molar refractivity (Wildman–Crippen MR) is 56.5 cm³/mol. The maximum absolute atomic E-state index is 5.53. The molecule has 80 valence electrons. The Morgan fingerprint density at radius 1 is 1.53 bits per heavy atom. The average Bonchev–Trinajstić information content (AvgIpc) is 2.65. The molecule has 0 aliphatic heterocycles. The van der Waals surface area contributed by atoms with Gasteiger partial charge in [-0.25, -0.2) is 4.98 Å². The number of hydrogen-bond donors (Lipinski definition) is 2. The Balaban J connectivity index is 2.44. The van der Waals surface area contributed by atoms with Gasteiger partial charge in [-0.2, -0.15) is 4.98 Å². The molecule has 1 atom stereocenters. The van der Waals surface area contributed by atoms with Crippen molar-refractivity contribution in [1.82, 2.24) is 15.1 Å². The highest BCUT2D eigenvalue weighted by molar-refractivity contribution is 5.84. The van der Waals surface area contributed by atoms with Crippen molar-refractivity contribution in [3.8, 4) is 0 Å². The van der Waals surface area contributed by atoms with Gasteiger partial charge in [0, 0.05) is 12.6 Å². The van der Waals surface area contributed by atoms with Gasteiger partial charge in [0.1, 0.15) is 17.0 Å². The van der Waals surface area contributed by atoms with Gasteiger partial charge < -0.3 is 15.6 Å². The highest BCUT2D eigenvalue weighted by Crippen LogP contribution is 2.19. The van der Waals surface area contributed by atoms with Crippen molar-refractivity contribution in [2.45, 2.75) is 19.9 Å². The summed E-state index contributed by atoms with van der Waals surface area (Å²) in [5.41, 5.74) is 6.03. The van der Waals surface area contributed by atoms with E-state index in [4.69, 9.17) is 10.3 Å². The van der Waals surface area contributed by atoms with E-state index in [0.717, 1.165) is 11.2 Å². The molecule has 3 N–H and O–H groups in total. The molecular formula is C9H13N5O. The van der Waals surface area contributed by atoms with E-state index in [1.807, 2.05) is 6.92 Å². The Bertz CT molecular complexity index is 466. The highest BCUT2D eigenvalue weighted by atomic mass is 16.5. The van der Waals surface area contributed by atoms with Crippen LogP contribution in [0.5, 0.6) is 0 Å². The average molecular weight is 207 g/mol. The number of aromatic nitrogens is 3. The molecule has 2 aromatic heterocycles. The van der Waals surface area contributed by atoms with E-state index in [0.29, 0.717) is 18.1 Å². The van der Waals surface area contributed by atoms with Gasteiger partial charge in [-0.15, -0.1) is 0 Å². The Hall–Kier alpha value is -1.69. The zero-order valence-electron chi connectivity index (χ0n) is 8.69. The number of hydrogen-bond acceptors (Lipinski definition) is 6. The zero-order chi connectivity index (χ0) is 10.8. The van der Waals surface area contributed by atoms with Crippen molar-refractivity contribution in [1.29, 1.82) is 0 Å². The molecule has 0 spiro atoms. The van der Waals surface area contributed by atoms with E-state index in [2.05, 4.69) is 20.4 Å². The summed E-state index contributed by atoms with van der Waals surface area (Å²) in [6, 6.07) is 0.150. The molecule has 6 nitrogen and oxygen atoms in total. The number of anilines is 1. The fourth-order valence-corrected chi connectivity index (χ4v) is 1.27. The largest absolute Gasteiger partial charge is 0.366 e. The van der Waals surface area contributed by atoms with Gasteiger partial charge in [0.15, 0.2) is 0 Å². The minimum absolute atomic E-state index is 0.150. The maximum Gasteiger partial charge on any atom is 0.263 e. The second-order valence-electron chi connectivity index (χ2n) is 3.45. The lowest BCUT2D eigenvalue weighted by atomic mass is 10.3. The van der Waals surface area contributed by atoms with E-state index >= 15 is 0 Å². The monoisotopic (exact) mass is 207 g/mol. The van der Waals surface area contributed by atoms with E-state index in [-0.39, 0.29) is 6.04 Å². The summed E-state index contributed by atoms with van der Waals surface area (Å²) in [5, 5.41) is 7.65. The summed E-state index contributed by atoms with van der Waals surface area (Å²) in [6.07, 6.45) is 1.60. The lowest BCUT2D eigenvalue weighted by molar-refractivity contribution is 0.448. The van der Waals surface area contributed by atoms with Crippen molar-refractivity contribution in [3.63, 3.8) is 0 Å². The molecule has 2 rings (SSSR count). The molecule has 0 radical (unpaired) electrons. The van der Waals surface area contributed by atoms with Crippen LogP contribution in [0.3, 0.4) is 0 Å². The molecule has 0 saturated heterocycles. The molecule has 6 heteroatoms. The van der Waals surface area contributed by atoms with Gasteiger partial charge in [0.2, 0.25) is 0 Å². The van der Waals surface area contributed by atoms with E-state index in [9.17, 15) is 0 Å². The minimum atomic E-state index is 0.150. The molecule has 0 amide bonds. The summed E-state index contributed by atoms with van der Waals surface area (Å²) in [7, 11) is 0. The van der Waals surface area contributed by atoms with Crippen LogP contribution in [0.1, 0.15) is 12.7 Å². The Morgan fingerprint density at radius 2 is 2.33 bits per heavy atom. The van der Waals surface area contributed by atoms with Gasteiger partial charge in [-0.3, -0.25) is 0 Å². The summed E-state index contributed by atoms with van der Waals surface area (Å²) >= 11 is 0. The molecule has 0 aliphatic carbocycles. The van der Waals surface area contributed by atoms with Crippen molar-refractivity contribution in [2.24, 2.45) is 5.73 Å². The van der Waals surface area contributed by atoms with Crippen LogP contribution in [0.25, 0.3) is 11.1 Å². The molecule has 2 aromatic rings. The molecule has 2 heterocycles. The number of fused-ring (bicyclic) bond motifs is 1. The van der Waals surface area contributed by atoms with Gasteiger partial charge in [0.25, 0.3) is 5.71 Å². The first-order valence-electron chi connectivity index (χ1n) is 4.76. The summed E-state index contributed by atoms with van der Waals surface area (Å²) in [4.78, 5) is 8.40. The molecule has 0 saturated carbocycles. The number of rotatable bonds is 3. The molecule has 0 aromatic carbocycles. The van der Waals surface area contributed by atoms with Gasteiger partial charge in [0.05, 0.1) is 6.20 Å². The van der Waals surface area contributed by atoms with E-state index < -0.39 is 0 Å². The third-order valence-electron chi connectivity index (χ3n) is 2.08. The molecule has 0 fully saturated rings. The highest BCUT2D eigenvalue weighted by Gasteiger charge is 2.10. The molecule has 0 aliphatic rings. The van der Waals surface area contributed by atoms with Gasteiger partial charge in [-0.05, 0) is 13.8 Å². The van der Waals surface area contributed by atoms with E-state index in [1.165, 1.54) is 0 Å². The zero-order valence-corrected chi connectivity index (χ0v) is 8.69. The van der Waals surface area contributed by atoms with Crippen molar-refractivity contribution in [2.75, 3.05) is 11.9 Å². The second kappa shape index (κ2) is 3.82. The first-order valence-corrected chi connectivity index (χ1v) is 4.76. The molecule has 1 unspecified atom stereocenters. The third-order valence-corrected chi connectivity index (χ3v) is 2.08. The summed E-state index contributed by atoms with van der Waals surface area (Å²) in [5.74, 6) is 1.36. The second-order valence-corrected chi connectivity index (χ2v) is 3.45. The third kappa shape index (κ3) is 1.89. The van der Waals surface area contributed by atoms with Gasteiger partial charge in [-0.1, -0.05) is 5.16 Å². The fraction of sp³-hybridized carbons (Fsp3) is 0.444. The lowest BCUT2D eigenvalue weighted by Crippen LogP contribution is -2.25. The Morgan fingerprint density at radius 3 is 3.07 bits per heavy atom. The summed E-state index contributed by atoms with van der Waals surface area (Å²) in [6.45, 7) is 4.33. The standard InChI is InChI=1S/C9H13N5O/c1-5(3-10)12-8-7-4-11-15-9(7)14-6(2)13-8/h4-5H,3,10H2,1-2H3,(H,12,13,14). The van der Waals surface area contributed by atoms with Crippen LogP contribution in [0.4, 0.5) is 5.82 Å². The first-order chi connectivity index (χ1) is 7.20. The molecule has 15 heavy (non-hydrogen) atoms. The minimum Gasteiger partial charge on any atom is -0.366 e.